The van der Waals surface area contributed by atoms with Gasteiger partial charge < -0.3 is 5.32 Å². The summed E-state index contributed by atoms with van der Waals surface area (Å²) in [6.45, 7) is 2.15. The SMILES string of the molecule is CCc1nn(C)cc1-c1nc2c(s1)C(NC)CCC2. The largest absolute Gasteiger partial charge is 0.312 e. The Morgan fingerprint density at radius 1 is 1.53 bits per heavy atom. The van der Waals surface area contributed by atoms with E-state index in [0.717, 1.165) is 23.5 Å². The number of fused-ring (bicyclic) bond motifs is 1. The van der Waals surface area contributed by atoms with Crippen LogP contribution in [-0.2, 0) is 19.9 Å². The highest BCUT2D eigenvalue weighted by atomic mass is 32.1. The maximum atomic E-state index is 4.87. The number of thiazole rings is 1. The molecule has 1 N–H and O–H groups in total. The molecule has 2 aromatic rings. The Hall–Kier alpha value is -1.20. The van der Waals surface area contributed by atoms with Gasteiger partial charge in [0.1, 0.15) is 5.01 Å². The first kappa shape index (κ1) is 12.8. The van der Waals surface area contributed by atoms with Crippen LogP contribution < -0.4 is 5.32 Å². The Bertz CT molecular complexity index is 584. The number of aromatic nitrogens is 3. The van der Waals surface area contributed by atoms with Crippen molar-refractivity contribution < 1.29 is 0 Å². The number of nitrogens with zero attached hydrogens (tertiary/aromatic N) is 3. The molecular formula is C14H20N4S. The van der Waals surface area contributed by atoms with E-state index in [4.69, 9.17) is 4.98 Å². The van der Waals surface area contributed by atoms with E-state index in [-0.39, 0.29) is 0 Å². The van der Waals surface area contributed by atoms with Gasteiger partial charge in [0.15, 0.2) is 0 Å². The number of hydrogen-bond acceptors (Lipinski definition) is 4. The molecule has 1 aliphatic rings. The van der Waals surface area contributed by atoms with Crippen LogP contribution in [0.3, 0.4) is 0 Å². The molecule has 0 fully saturated rings. The average molecular weight is 276 g/mol. The minimum atomic E-state index is 0.483. The van der Waals surface area contributed by atoms with E-state index in [1.165, 1.54) is 29.0 Å². The van der Waals surface area contributed by atoms with E-state index in [1.807, 2.05) is 30.1 Å². The minimum Gasteiger partial charge on any atom is -0.312 e. The minimum absolute atomic E-state index is 0.483. The van der Waals surface area contributed by atoms with Gasteiger partial charge in [0, 0.05) is 24.2 Å². The van der Waals surface area contributed by atoms with Crippen LogP contribution in [0.15, 0.2) is 6.20 Å². The van der Waals surface area contributed by atoms with E-state index in [0.29, 0.717) is 6.04 Å². The van der Waals surface area contributed by atoms with Gasteiger partial charge in [0.25, 0.3) is 0 Å². The summed E-state index contributed by atoms with van der Waals surface area (Å²) in [6.07, 6.45) is 6.62. The molecule has 0 aliphatic heterocycles. The molecule has 2 aromatic heterocycles. The monoisotopic (exact) mass is 276 g/mol. The molecule has 4 nitrogen and oxygen atoms in total. The molecule has 0 aromatic carbocycles. The second-order valence-electron chi connectivity index (χ2n) is 5.08. The van der Waals surface area contributed by atoms with Gasteiger partial charge in [0.2, 0.25) is 0 Å². The van der Waals surface area contributed by atoms with Crippen LogP contribution >= 0.6 is 11.3 Å². The van der Waals surface area contributed by atoms with Crippen molar-refractivity contribution in [3.8, 4) is 10.6 Å². The van der Waals surface area contributed by atoms with Crippen LogP contribution in [0.25, 0.3) is 10.6 Å². The van der Waals surface area contributed by atoms with Gasteiger partial charge in [-0.1, -0.05) is 6.92 Å². The molecule has 0 saturated heterocycles. The first-order valence-electron chi connectivity index (χ1n) is 6.92. The number of hydrogen-bond donors (Lipinski definition) is 1. The summed E-state index contributed by atoms with van der Waals surface area (Å²) < 4.78 is 1.89. The highest BCUT2D eigenvalue weighted by Gasteiger charge is 2.24. The van der Waals surface area contributed by atoms with Crippen LogP contribution in [0.2, 0.25) is 0 Å². The Morgan fingerprint density at radius 2 is 2.37 bits per heavy atom. The molecule has 3 rings (SSSR count). The van der Waals surface area contributed by atoms with Crippen molar-refractivity contribution in [3.63, 3.8) is 0 Å². The van der Waals surface area contributed by atoms with Crippen LogP contribution in [0, 0.1) is 0 Å². The highest BCUT2D eigenvalue weighted by Crippen LogP contribution is 2.38. The first-order valence-corrected chi connectivity index (χ1v) is 7.74. The standard InChI is InChI=1S/C14H20N4S/c1-4-10-9(8-18(3)17-10)14-16-12-7-5-6-11(15-2)13(12)19-14/h8,11,15H,4-7H2,1-3H3. The molecule has 0 bridgehead atoms. The molecule has 19 heavy (non-hydrogen) atoms. The topological polar surface area (TPSA) is 42.7 Å². The summed E-state index contributed by atoms with van der Waals surface area (Å²) in [7, 11) is 4.02. The molecule has 102 valence electrons. The van der Waals surface area contributed by atoms with Gasteiger partial charge in [-0.3, -0.25) is 4.68 Å². The van der Waals surface area contributed by atoms with Crippen molar-refractivity contribution in [1.82, 2.24) is 20.1 Å². The first-order chi connectivity index (χ1) is 9.22. The van der Waals surface area contributed by atoms with E-state index in [1.54, 1.807) is 0 Å². The lowest BCUT2D eigenvalue weighted by molar-refractivity contribution is 0.501. The molecular weight excluding hydrogens is 256 g/mol. The van der Waals surface area contributed by atoms with Crippen molar-refractivity contribution in [3.05, 3.63) is 22.5 Å². The van der Waals surface area contributed by atoms with Crippen molar-refractivity contribution >= 4 is 11.3 Å². The maximum Gasteiger partial charge on any atom is 0.127 e. The average Bonchev–Trinajstić information content (AvgIpc) is 3.00. The number of rotatable bonds is 3. The second kappa shape index (κ2) is 5.06. The molecule has 1 aliphatic carbocycles. The molecule has 0 amide bonds. The predicted molar refractivity (Wildman–Crippen MR) is 78.4 cm³/mol. The third-order valence-corrected chi connectivity index (χ3v) is 5.01. The highest BCUT2D eigenvalue weighted by molar-refractivity contribution is 7.15. The summed E-state index contributed by atoms with van der Waals surface area (Å²) in [5.74, 6) is 0. The Kier molecular flexibility index (Phi) is 3.41. The summed E-state index contributed by atoms with van der Waals surface area (Å²) in [4.78, 5) is 6.29. The Balaban J connectivity index is 2.04. The molecule has 0 radical (unpaired) electrons. The van der Waals surface area contributed by atoms with Gasteiger partial charge in [-0.15, -0.1) is 11.3 Å². The summed E-state index contributed by atoms with van der Waals surface area (Å²) >= 11 is 1.84. The normalized spacial score (nSPS) is 18.6. The van der Waals surface area contributed by atoms with Crippen LogP contribution in [-0.4, -0.2) is 21.8 Å². The maximum absolute atomic E-state index is 4.87. The van der Waals surface area contributed by atoms with Crippen molar-refractivity contribution in [1.29, 1.82) is 0 Å². The fourth-order valence-electron chi connectivity index (χ4n) is 2.78. The van der Waals surface area contributed by atoms with Crippen LogP contribution in [0.5, 0.6) is 0 Å². The van der Waals surface area contributed by atoms with Gasteiger partial charge in [-0.05, 0) is 32.7 Å². The van der Waals surface area contributed by atoms with Crippen molar-refractivity contribution in [2.75, 3.05) is 7.05 Å². The van der Waals surface area contributed by atoms with Gasteiger partial charge in [-0.2, -0.15) is 5.10 Å². The van der Waals surface area contributed by atoms with E-state index in [9.17, 15) is 0 Å². The predicted octanol–water partition coefficient (Wildman–Crippen LogP) is 2.70. The van der Waals surface area contributed by atoms with Crippen LogP contribution in [0.4, 0.5) is 0 Å². The summed E-state index contributed by atoms with van der Waals surface area (Å²) in [5.41, 5.74) is 3.64. The van der Waals surface area contributed by atoms with Crippen molar-refractivity contribution in [2.45, 2.75) is 38.6 Å². The third kappa shape index (κ3) is 2.21. The Morgan fingerprint density at radius 3 is 3.11 bits per heavy atom. The van der Waals surface area contributed by atoms with E-state index < -0.39 is 0 Å². The van der Waals surface area contributed by atoms with Crippen molar-refractivity contribution in [2.24, 2.45) is 7.05 Å². The lowest BCUT2D eigenvalue weighted by atomic mass is 9.98. The smallest absolute Gasteiger partial charge is 0.127 e. The zero-order valence-corrected chi connectivity index (χ0v) is 12.5. The zero-order valence-electron chi connectivity index (χ0n) is 11.7. The second-order valence-corrected chi connectivity index (χ2v) is 6.11. The quantitative estimate of drug-likeness (QED) is 0.937. The molecule has 2 heterocycles. The molecule has 1 unspecified atom stereocenters. The van der Waals surface area contributed by atoms with E-state index in [2.05, 4.69) is 23.5 Å². The Labute approximate surface area is 117 Å². The fourth-order valence-corrected chi connectivity index (χ4v) is 4.07. The molecule has 0 spiro atoms. The molecule has 0 saturated carbocycles. The van der Waals surface area contributed by atoms with E-state index >= 15 is 0 Å². The van der Waals surface area contributed by atoms with Gasteiger partial charge in [-0.25, -0.2) is 4.98 Å². The zero-order chi connectivity index (χ0) is 13.4. The molecule has 1 atom stereocenters. The lowest BCUT2D eigenvalue weighted by Gasteiger charge is -2.19. The lowest BCUT2D eigenvalue weighted by Crippen LogP contribution is -2.19. The third-order valence-electron chi connectivity index (χ3n) is 3.77. The summed E-state index contributed by atoms with van der Waals surface area (Å²) in [5, 5.41) is 9.06. The fraction of sp³-hybridized carbons (Fsp3) is 0.571. The van der Waals surface area contributed by atoms with Gasteiger partial charge >= 0.3 is 0 Å². The van der Waals surface area contributed by atoms with Crippen LogP contribution in [0.1, 0.15) is 42.1 Å². The summed E-state index contributed by atoms with van der Waals surface area (Å²) in [6, 6.07) is 0.483. The van der Waals surface area contributed by atoms with Gasteiger partial charge in [0.05, 0.1) is 17.0 Å². The number of nitrogens with one attached hydrogen (secondary N) is 1. The number of aryl methyl sites for hydroxylation is 3. The molecule has 5 heteroatoms.